The number of hydrogen-bond acceptors (Lipinski definition) is 2. The van der Waals surface area contributed by atoms with Crippen LogP contribution in [0.4, 0.5) is 0 Å². The first-order valence-corrected chi connectivity index (χ1v) is 6.12. The van der Waals surface area contributed by atoms with Crippen molar-refractivity contribution in [1.82, 2.24) is 5.32 Å². The Bertz CT molecular complexity index is 67.3. The van der Waals surface area contributed by atoms with Crippen molar-refractivity contribution in [2.45, 2.75) is 54.4 Å². The molecule has 90 valence electrons. The first-order chi connectivity index (χ1) is 6.81. The summed E-state index contributed by atoms with van der Waals surface area (Å²) >= 11 is 0. The summed E-state index contributed by atoms with van der Waals surface area (Å²) in [5.41, 5.74) is 0. The van der Waals surface area contributed by atoms with Gasteiger partial charge in [-0.1, -0.05) is 48.0 Å². The number of aliphatic hydroxyl groups excluding tert-OH is 1. The molecule has 0 bridgehead atoms. The van der Waals surface area contributed by atoms with E-state index in [1.54, 1.807) is 0 Å². The van der Waals surface area contributed by atoms with Crippen molar-refractivity contribution in [2.24, 2.45) is 5.92 Å². The maximum atomic E-state index is 8.43. The van der Waals surface area contributed by atoms with Crippen LogP contribution in [0.1, 0.15) is 54.4 Å². The molecular formula is C12H31NO. The minimum atomic E-state index is 0.251. The van der Waals surface area contributed by atoms with Crippen LogP contribution in [-0.4, -0.2) is 24.8 Å². The summed E-state index contributed by atoms with van der Waals surface area (Å²) < 4.78 is 0. The smallest absolute Gasteiger partial charge is 0.0555 e. The quantitative estimate of drug-likeness (QED) is 0.653. The molecule has 0 saturated heterocycles. The van der Waals surface area contributed by atoms with Crippen molar-refractivity contribution < 1.29 is 5.11 Å². The second kappa shape index (κ2) is 23.1. The maximum absolute atomic E-state index is 8.43. The van der Waals surface area contributed by atoms with Crippen LogP contribution in [0, 0.1) is 5.92 Å². The first-order valence-electron chi connectivity index (χ1n) is 6.12. The Kier molecular flexibility index (Phi) is 32.1. The molecule has 0 aliphatic heterocycles. The fraction of sp³-hybridized carbons (Fsp3) is 1.00. The Morgan fingerprint density at radius 3 is 1.93 bits per heavy atom. The minimum Gasteiger partial charge on any atom is -0.395 e. The van der Waals surface area contributed by atoms with E-state index in [0.717, 1.165) is 19.0 Å². The molecule has 0 heterocycles. The zero-order chi connectivity index (χ0) is 11.8. The maximum Gasteiger partial charge on any atom is 0.0555 e. The van der Waals surface area contributed by atoms with Gasteiger partial charge in [0.05, 0.1) is 6.61 Å². The van der Waals surface area contributed by atoms with E-state index in [1.807, 2.05) is 27.7 Å². The first kappa shape index (κ1) is 19.5. The predicted octanol–water partition coefficient (Wildman–Crippen LogP) is 3.06. The molecule has 1 unspecified atom stereocenters. The van der Waals surface area contributed by atoms with Gasteiger partial charge < -0.3 is 10.4 Å². The Morgan fingerprint density at radius 2 is 1.57 bits per heavy atom. The molecule has 2 heteroatoms. The van der Waals surface area contributed by atoms with Crippen LogP contribution in [0.15, 0.2) is 0 Å². The molecule has 0 fully saturated rings. The zero-order valence-corrected chi connectivity index (χ0v) is 11.1. The average Bonchev–Trinajstić information content (AvgIpc) is 2.29. The Morgan fingerprint density at radius 1 is 1.07 bits per heavy atom. The second-order valence-corrected chi connectivity index (χ2v) is 2.78. The molecule has 14 heavy (non-hydrogen) atoms. The molecule has 2 N–H and O–H groups in total. The Balaban J connectivity index is -0.000000266. The summed E-state index contributed by atoms with van der Waals surface area (Å²) in [4.78, 5) is 0. The number of rotatable bonds is 6. The summed E-state index contributed by atoms with van der Waals surface area (Å²) in [6, 6.07) is 0. The minimum absolute atomic E-state index is 0.251. The monoisotopic (exact) mass is 205 g/mol. The van der Waals surface area contributed by atoms with Crippen molar-refractivity contribution in [3.05, 3.63) is 0 Å². The van der Waals surface area contributed by atoms with E-state index in [-0.39, 0.29) is 6.61 Å². The molecule has 0 saturated carbocycles. The average molecular weight is 205 g/mol. The lowest BCUT2D eigenvalue weighted by atomic mass is 10.1. The van der Waals surface area contributed by atoms with E-state index in [0.29, 0.717) is 0 Å². The van der Waals surface area contributed by atoms with E-state index in [4.69, 9.17) is 5.11 Å². The van der Waals surface area contributed by atoms with Crippen molar-refractivity contribution >= 4 is 0 Å². The van der Waals surface area contributed by atoms with E-state index < -0.39 is 0 Å². The third-order valence-electron chi connectivity index (χ3n) is 1.80. The van der Waals surface area contributed by atoms with Crippen molar-refractivity contribution in [3.8, 4) is 0 Å². The molecule has 0 aliphatic rings. The third kappa shape index (κ3) is 22.7. The van der Waals surface area contributed by atoms with Crippen LogP contribution in [0.2, 0.25) is 0 Å². The summed E-state index contributed by atoms with van der Waals surface area (Å²) in [6.07, 6.45) is 2.47. The standard InChI is InChI=1S/C8H19NO.2C2H6/c1-3-8(2)4-5-9-6-7-10;2*1-2/h8-10H,3-7H2,1-2H3;2*1-2H3. The SMILES string of the molecule is CC.CC.CCC(C)CCNCCO. The highest BCUT2D eigenvalue weighted by Gasteiger charge is 1.95. The van der Waals surface area contributed by atoms with Gasteiger partial charge in [-0.2, -0.15) is 0 Å². The van der Waals surface area contributed by atoms with Gasteiger partial charge in [-0.05, 0) is 18.9 Å². The highest BCUT2D eigenvalue weighted by molar-refractivity contribution is 4.52. The van der Waals surface area contributed by atoms with E-state index in [9.17, 15) is 0 Å². The number of aliphatic hydroxyl groups is 1. The number of nitrogens with one attached hydrogen (secondary N) is 1. The van der Waals surface area contributed by atoms with Crippen molar-refractivity contribution in [3.63, 3.8) is 0 Å². The second-order valence-electron chi connectivity index (χ2n) is 2.78. The molecule has 0 aromatic heterocycles. The van der Waals surface area contributed by atoms with E-state index in [2.05, 4.69) is 19.2 Å². The molecule has 0 amide bonds. The van der Waals surface area contributed by atoms with Gasteiger partial charge in [0, 0.05) is 6.54 Å². The molecule has 0 aromatic rings. The van der Waals surface area contributed by atoms with E-state index >= 15 is 0 Å². The lowest BCUT2D eigenvalue weighted by Crippen LogP contribution is -2.20. The highest BCUT2D eigenvalue weighted by Crippen LogP contribution is 2.03. The Labute approximate surface area is 91.1 Å². The molecule has 0 aromatic carbocycles. The summed E-state index contributed by atoms with van der Waals surface area (Å²) in [6.45, 7) is 14.5. The number of hydrogen-bond donors (Lipinski definition) is 2. The van der Waals surface area contributed by atoms with Gasteiger partial charge in [-0.3, -0.25) is 0 Å². The van der Waals surface area contributed by atoms with Gasteiger partial charge in [0.2, 0.25) is 0 Å². The lowest BCUT2D eigenvalue weighted by molar-refractivity contribution is 0.290. The summed E-state index contributed by atoms with van der Waals surface area (Å²) in [7, 11) is 0. The highest BCUT2D eigenvalue weighted by atomic mass is 16.3. The van der Waals surface area contributed by atoms with Gasteiger partial charge in [-0.15, -0.1) is 0 Å². The normalized spacial score (nSPS) is 10.5. The predicted molar refractivity (Wildman–Crippen MR) is 66.7 cm³/mol. The fourth-order valence-electron chi connectivity index (χ4n) is 0.757. The van der Waals surface area contributed by atoms with Crippen LogP contribution in [-0.2, 0) is 0 Å². The molecular weight excluding hydrogens is 174 g/mol. The summed E-state index contributed by atoms with van der Waals surface area (Å²) in [5.74, 6) is 0.811. The van der Waals surface area contributed by atoms with Crippen LogP contribution in [0.3, 0.4) is 0 Å². The van der Waals surface area contributed by atoms with Crippen molar-refractivity contribution in [1.29, 1.82) is 0 Å². The molecule has 1 atom stereocenters. The van der Waals surface area contributed by atoms with Gasteiger partial charge in [0.1, 0.15) is 0 Å². The van der Waals surface area contributed by atoms with Gasteiger partial charge in [-0.25, -0.2) is 0 Å². The van der Waals surface area contributed by atoms with Crippen LogP contribution < -0.4 is 5.32 Å². The molecule has 0 aliphatic carbocycles. The largest absolute Gasteiger partial charge is 0.395 e. The fourth-order valence-corrected chi connectivity index (χ4v) is 0.757. The van der Waals surface area contributed by atoms with Crippen LogP contribution in [0.5, 0.6) is 0 Å². The van der Waals surface area contributed by atoms with Crippen LogP contribution >= 0.6 is 0 Å². The lowest BCUT2D eigenvalue weighted by Gasteiger charge is -2.07. The molecule has 2 nitrogen and oxygen atoms in total. The van der Waals surface area contributed by atoms with E-state index in [1.165, 1.54) is 12.8 Å². The van der Waals surface area contributed by atoms with Gasteiger partial charge in [0.25, 0.3) is 0 Å². The van der Waals surface area contributed by atoms with Gasteiger partial charge in [0.15, 0.2) is 0 Å². The third-order valence-corrected chi connectivity index (χ3v) is 1.80. The van der Waals surface area contributed by atoms with Gasteiger partial charge >= 0.3 is 0 Å². The summed E-state index contributed by atoms with van der Waals surface area (Å²) in [5, 5.41) is 11.6. The Hall–Kier alpha value is -0.0800. The molecule has 0 radical (unpaired) electrons. The van der Waals surface area contributed by atoms with Crippen molar-refractivity contribution in [2.75, 3.05) is 19.7 Å². The molecule has 0 rings (SSSR count). The zero-order valence-electron chi connectivity index (χ0n) is 11.1. The van der Waals surface area contributed by atoms with Crippen LogP contribution in [0.25, 0.3) is 0 Å². The molecule has 0 spiro atoms. The topological polar surface area (TPSA) is 32.3 Å².